The molecule has 0 spiro atoms. The number of fused-ring (bicyclic) bond motifs is 1. The van der Waals surface area contributed by atoms with Crippen molar-refractivity contribution in [2.45, 2.75) is 71.6 Å². The summed E-state index contributed by atoms with van der Waals surface area (Å²) in [5.41, 5.74) is 7.26. The average molecular weight is 330 g/mol. The predicted molar refractivity (Wildman–Crippen MR) is 98.7 cm³/mol. The van der Waals surface area contributed by atoms with Crippen molar-refractivity contribution in [2.75, 3.05) is 7.11 Å². The lowest BCUT2D eigenvalue weighted by molar-refractivity contribution is -0.121. The standard InChI is InChI=1S/C20H30N2O2/c1-4-5-6-7-8-12-20(23)22-21-18-11-9-10-16-14-19(24-3)15(2)13-17(16)18/h13-14H,4-12H2,1-3H3,(H,22,23)/b21-18-. The summed E-state index contributed by atoms with van der Waals surface area (Å²) in [6.07, 6.45) is 9.34. The quantitative estimate of drug-likeness (QED) is 0.563. The number of nitrogens with zero attached hydrogens (tertiary/aromatic N) is 1. The van der Waals surface area contributed by atoms with Gasteiger partial charge in [-0.1, -0.05) is 32.6 Å². The molecule has 1 aromatic carbocycles. The van der Waals surface area contributed by atoms with E-state index in [-0.39, 0.29) is 5.91 Å². The lowest BCUT2D eigenvalue weighted by Crippen LogP contribution is -2.22. The number of ether oxygens (including phenoxy) is 1. The zero-order valence-electron chi connectivity index (χ0n) is 15.3. The van der Waals surface area contributed by atoms with Crippen LogP contribution in [-0.4, -0.2) is 18.7 Å². The summed E-state index contributed by atoms with van der Waals surface area (Å²) in [6, 6.07) is 4.23. The van der Waals surface area contributed by atoms with Gasteiger partial charge in [0.2, 0.25) is 5.91 Å². The smallest absolute Gasteiger partial charge is 0.240 e. The maximum Gasteiger partial charge on any atom is 0.240 e. The Morgan fingerprint density at radius 2 is 2.00 bits per heavy atom. The van der Waals surface area contributed by atoms with Gasteiger partial charge in [-0.05, 0) is 55.9 Å². The maximum atomic E-state index is 12.0. The molecule has 0 aliphatic heterocycles. The fraction of sp³-hybridized carbons (Fsp3) is 0.600. The SMILES string of the molecule is CCCCCCCC(=O)N/N=C1/CCCc2cc(OC)c(C)cc21. The van der Waals surface area contributed by atoms with Crippen LogP contribution in [0.3, 0.4) is 0 Å². The highest BCUT2D eigenvalue weighted by Gasteiger charge is 2.18. The summed E-state index contributed by atoms with van der Waals surface area (Å²) in [4.78, 5) is 12.0. The van der Waals surface area contributed by atoms with E-state index >= 15 is 0 Å². The van der Waals surface area contributed by atoms with E-state index in [1.165, 1.54) is 24.8 Å². The van der Waals surface area contributed by atoms with E-state index in [1.54, 1.807) is 7.11 Å². The molecule has 0 saturated heterocycles. The second-order valence-corrected chi connectivity index (χ2v) is 6.59. The minimum Gasteiger partial charge on any atom is -0.496 e. The highest BCUT2D eigenvalue weighted by atomic mass is 16.5. The Labute approximate surface area is 145 Å². The molecule has 1 N–H and O–H groups in total. The molecule has 4 nitrogen and oxygen atoms in total. The molecule has 0 saturated carbocycles. The molecule has 1 aliphatic rings. The number of rotatable bonds is 8. The number of hydrazone groups is 1. The van der Waals surface area contributed by atoms with Crippen LogP contribution in [0.1, 0.15) is 75.0 Å². The van der Waals surface area contributed by atoms with Gasteiger partial charge >= 0.3 is 0 Å². The van der Waals surface area contributed by atoms with Crippen molar-refractivity contribution in [3.05, 3.63) is 28.8 Å². The van der Waals surface area contributed by atoms with Crippen molar-refractivity contribution in [3.8, 4) is 5.75 Å². The summed E-state index contributed by atoms with van der Waals surface area (Å²) in [5, 5.41) is 4.41. The van der Waals surface area contributed by atoms with E-state index in [0.29, 0.717) is 6.42 Å². The fourth-order valence-corrected chi connectivity index (χ4v) is 3.20. The number of benzene rings is 1. The number of unbranched alkanes of at least 4 members (excludes halogenated alkanes) is 4. The highest BCUT2D eigenvalue weighted by molar-refractivity contribution is 6.03. The molecule has 0 heterocycles. The zero-order chi connectivity index (χ0) is 17.4. The van der Waals surface area contributed by atoms with E-state index in [0.717, 1.165) is 54.7 Å². The summed E-state index contributed by atoms with van der Waals surface area (Å²) in [5.74, 6) is 0.947. The van der Waals surface area contributed by atoms with Crippen LogP contribution in [0.2, 0.25) is 0 Å². The number of hydrogen-bond acceptors (Lipinski definition) is 3. The minimum absolute atomic E-state index is 0.0244. The number of carbonyl (C=O) groups is 1. The van der Waals surface area contributed by atoms with E-state index in [4.69, 9.17) is 4.74 Å². The van der Waals surface area contributed by atoms with Crippen molar-refractivity contribution < 1.29 is 9.53 Å². The second-order valence-electron chi connectivity index (χ2n) is 6.59. The molecular weight excluding hydrogens is 300 g/mol. The van der Waals surface area contributed by atoms with E-state index < -0.39 is 0 Å². The van der Waals surface area contributed by atoms with Crippen molar-refractivity contribution in [1.29, 1.82) is 0 Å². The Bertz CT molecular complexity index is 594. The number of methoxy groups -OCH3 is 1. The molecule has 2 rings (SSSR count). The van der Waals surface area contributed by atoms with Gasteiger partial charge in [0.15, 0.2) is 0 Å². The van der Waals surface area contributed by atoms with Gasteiger partial charge in [-0.25, -0.2) is 5.43 Å². The van der Waals surface area contributed by atoms with Gasteiger partial charge in [-0.3, -0.25) is 4.79 Å². The first-order chi connectivity index (χ1) is 11.7. The summed E-state index contributed by atoms with van der Waals surface area (Å²) >= 11 is 0. The van der Waals surface area contributed by atoms with Crippen molar-refractivity contribution in [3.63, 3.8) is 0 Å². The molecule has 0 aromatic heterocycles. The van der Waals surface area contributed by atoms with Gasteiger partial charge < -0.3 is 4.74 Å². The number of hydrogen-bond donors (Lipinski definition) is 1. The summed E-state index contributed by atoms with van der Waals surface area (Å²) in [6.45, 7) is 4.24. The Morgan fingerprint density at radius 1 is 1.21 bits per heavy atom. The highest BCUT2D eigenvalue weighted by Crippen LogP contribution is 2.28. The van der Waals surface area contributed by atoms with Crippen LogP contribution in [0.25, 0.3) is 0 Å². The fourth-order valence-electron chi connectivity index (χ4n) is 3.20. The number of nitrogens with one attached hydrogen (secondary N) is 1. The zero-order valence-corrected chi connectivity index (χ0v) is 15.3. The van der Waals surface area contributed by atoms with Crippen LogP contribution in [0.5, 0.6) is 5.75 Å². The molecule has 0 radical (unpaired) electrons. The monoisotopic (exact) mass is 330 g/mol. The normalized spacial score (nSPS) is 15.2. The lowest BCUT2D eigenvalue weighted by Gasteiger charge is -2.20. The minimum atomic E-state index is 0.0244. The molecule has 1 aliphatic carbocycles. The molecular formula is C20H30N2O2. The van der Waals surface area contributed by atoms with Crippen LogP contribution in [-0.2, 0) is 11.2 Å². The first-order valence-electron chi connectivity index (χ1n) is 9.19. The van der Waals surface area contributed by atoms with Gasteiger partial charge in [0.25, 0.3) is 0 Å². The van der Waals surface area contributed by atoms with Crippen LogP contribution in [0.15, 0.2) is 17.2 Å². The average Bonchev–Trinajstić information content (AvgIpc) is 2.59. The number of aryl methyl sites for hydroxylation is 2. The van der Waals surface area contributed by atoms with Crippen molar-refractivity contribution >= 4 is 11.6 Å². The van der Waals surface area contributed by atoms with Gasteiger partial charge in [0.05, 0.1) is 12.8 Å². The van der Waals surface area contributed by atoms with E-state index in [2.05, 4.69) is 29.6 Å². The topological polar surface area (TPSA) is 50.7 Å². The third kappa shape index (κ3) is 5.08. The second kappa shape index (κ2) is 9.45. The lowest BCUT2D eigenvalue weighted by atomic mass is 9.88. The Balaban J connectivity index is 1.95. The van der Waals surface area contributed by atoms with E-state index in [1.807, 2.05) is 6.92 Å². The first-order valence-corrected chi connectivity index (χ1v) is 9.19. The van der Waals surface area contributed by atoms with Gasteiger partial charge in [-0.15, -0.1) is 0 Å². The van der Waals surface area contributed by atoms with Gasteiger partial charge in [0, 0.05) is 12.0 Å². The number of carbonyl (C=O) groups excluding carboxylic acids is 1. The molecule has 1 amide bonds. The van der Waals surface area contributed by atoms with Crippen LogP contribution < -0.4 is 10.2 Å². The molecule has 0 bridgehead atoms. The Hall–Kier alpha value is -1.84. The molecule has 0 fully saturated rings. The summed E-state index contributed by atoms with van der Waals surface area (Å²) in [7, 11) is 1.70. The Kier molecular flexibility index (Phi) is 7.29. The van der Waals surface area contributed by atoms with Crippen LogP contribution in [0.4, 0.5) is 0 Å². The third-order valence-electron chi connectivity index (χ3n) is 4.61. The Morgan fingerprint density at radius 3 is 2.75 bits per heavy atom. The van der Waals surface area contributed by atoms with Crippen molar-refractivity contribution in [2.24, 2.45) is 5.10 Å². The van der Waals surface area contributed by atoms with E-state index in [9.17, 15) is 4.79 Å². The number of amides is 1. The first kappa shape index (κ1) is 18.5. The predicted octanol–water partition coefficient (Wildman–Crippen LogP) is 4.52. The largest absolute Gasteiger partial charge is 0.496 e. The molecule has 132 valence electrons. The van der Waals surface area contributed by atoms with Crippen LogP contribution >= 0.6 is 0 Å². The molecule has 1 aromatic rings. The maximum absolute atomic E-state index is 12.0. The van der Waals surface area contributed by atoms with Crippen molar-refractivity contribution in [1.82, 2.24) is 5.43 Å². The molecule has 24 heavy (non-hydrogen) atoms. The molecule has 4 heteroatoms. The molecule has 0 atom stereocenters. The summed E-state index contributed by atoms with van der Waals surface area (Å²) < 4.78 is 5.41. The van der Waals surface area contributed by atoms with Crippen LogP contribution in [0, 0.1) is 6.92 Å². The molecule has 0 unspecified atom stereocenters. The third-order valence-corrected chi connectivity index (χ3v) is 4.61. The van der Waals surface area contributed by atoms with Gasteiger partial charge in [0.1, 0.15) is 5.75 Å². The van der Waals surface area contributed by atoms with Gasteiger partial charge in [-0.2, -0.15) is 5.10 Å².